The van der Waals surface area contributed by atoms with E-state index in [1.54, 1.807) is 0 Å². The fourth-order valence-corrected chi connectivity index (χ4v) is 8.23. The molecule has 0 bridgehead atoms. The molecule has 3 atom stereocenters. The summed E-state index contributed by atoms with van der Waals surface area (Å²) in [6, 6.07) is 5.06. The number of benzene rings is 1. The van der Waals surface area contributed by atoms with Crippen molar-refractivity contribution in [2.45, 2.75) is 81.5 Å². The van der Waals surface area contributed by atoms with Crippen LogP contribution in [0.4, 0.5) is 14.5 Å². The fraction of sp³-hybridized carbons (Fsp3) is 0.562. The summed E-state index contributed by atoms with van der Waals surface area (Å²) < 4.78 is 44.0. The molecule has 0 amide bonds. The maximum Gasteiger partial charge on any atom is 0.225 e. The molecule has 3 saturated heterocycles. The Bertz CT molecular complexity index is 1570. The number of rotatable bonds is 5. The van der Waals surface area contributed by atoms with Crippen LogP contribution in [0.2, 0.25) is 5.02 Å². The summed E-state index contributed by atoms with van der Waals surface area (Å²) in [5.41, 5.74) is 1.94. The van der Waals surface area contributed by atoms with E-state index in [9.17, 15) is 9.50 Å². The molecule has 10 heteroatoms. The topological polar surface area (TPSA) is 71.0 Å². The van der Waals surface area contributed by atoms with E-state index in [1.165, 1.54) is 12.1 Å². The first kappa shape index (κ1) is 26.7. The van der Waals surface area contributed by atoms with Gasteiger partial charge in [-0.1, -0.05) is 24.4 Å². The van der Waals surface area contributed by atoms with Crippen LogP contribution >= 0.6 is 11.6 Å². The zero-order valence-corrected chi connectivity index (χ0v) is 24.3. The van der Waals surface area contributed by atoms with Crippen LogP contribution in [0.15, 0.2) is 18.2 Å². The number of phenols is 1. The van der Waals surface area contributed by atoms with Crippen LogP contribution in [0.1, 0.15) is 69.3 Å². The highest BCUT2D eigenvalue weighted by atomic mass is 35.5. The lowest BCUT2D eigenvalue weighted by atomic mass is 9.95. The van der Waals surface area contributed by atoms with Gasteiger partial charge in [-0.2, -0.15) is 0 Å². The fourth-order valence-electron chi connectivity index (χ4n) is 7.87. The van der Waals surface area contributed by atoms with Crippen molar-refractivity contribution in [1.82, 2.24) is 14.9 Å². The number of alkyl halides is 1. The average Bonchev–Trinajstić information content (AvgIpc) is 3.71. The van der Waals surface area contributed by atoms with Crippen LogP contribution in [0.5, 0.6) is 17.5 Å². The zero-order chi connectivity index (χ0) is 28.6. The third-order valence-electron chi connectivity index (χ3n) is 10.0. The molecule has 2 aromatic heterocycles. The molecule has 1 N–H and O–H groups in total. The maximum absolute atomic E-state index is 16.8. The smallest absolute Gasteiger partial charge is 0.225 e. The number of fused-ring (bicyclic) bond motifs is 3. The largest absolute Gasteiger partial charge is 0.508 e. The van der Waals surface area contributed by atoms with E-state index >= 15 is 4.39 Å². The molecule has 4 aliphatic heterocycles. The monoisotopic (exact) mass is 596 g/mol. The van der Waals surface area contributed by atoms with E-state index in [-0.39, 0.29) is 34.5 Å². The van der Waals surface area contributed by atoms with Crippen molar-refractivity contribution >= 4 is 28.2 Å². The summed E-state index contributed by atoms with van der Waals surface area (Å²) in [7, 11) is 0. The Labute approximate surface area is 248 Å². The van der Waals surface area contributed by atoms with E-state index in [0.29, 0.717) is 53.9 Å². The molecule has 222 valence electrons. The Balaban J connectivity index is 1.29. The van der Waals surface area contributed by atoms with Crippen LogP contribution in [0, 0.1) is 5.82 Å². The Morgan fingerprint density at radius 2 is 1.98 bits per heavy atom. The minimum Gasteiger partial charge on any atom is -0.508 e. The number of phenolic OH excluding ortho intramolecular Hbond substituents is 1. The third kappa shape index (κ3) is 4.37. The van der Waals surface area contributed by atoms with Gasteiger partial charge in [0.15, 0.2) is 5.82 Å². The molecular weight excluding hydrogens is 562 g/mol. The average molecular weight is 597 g/mol. The van der Waals surface area contributed by atoms with Gasteiger partial charge in [0, 0.05) is 36.2 Å². The highest BCUT2D eigenvalue weighted by Crippen LogP contribution is 2.51. The summed E-state index contributed by atoms with van der Waals surface area (Å²) in [5.74, 6) is 0.215. The summed E-state index contributed by atoms with van der Waals surface area (Å²) in [6.45, 7) is 2.88. The van der Waals surface area contributed by atoms with Crippen molar-refractivity contribution in [3.63, 3.8) is 0 Å². The number of aromatic hydroxyl groups is 1. The lowest BCUT2D eigenvalue weighted by Gasteiger charge is -2.32. The molecule has 42 heavy (non-hydrogen) atoms. The van der Waals surface area contributed by atoms with Crippen LogP contribution in [-0.2, 0) is 0 Å². The zero-order valence-electron chi connectivity index (χ0n) is 23.6. The lowest BCUT2D eigenvalue weighted by molar-refractivity contribution is 0.111. The molecule has 1 saturated carbocycles. The van der Waals surface area contributed by atoms with Crippen molar-refractivity contribution in [2.24, 2.45) is 0 Å². The summed E-state index contributed by atoms with van der Waals surface area (Å²) in [6.07, 6.45) is 7.61. The summed E-state index contributed by atoms with van der Waals surface area (Å²) >= 11 is 6.59. The van der Waals surface area contributed by atoms with Crippen molar-refractivity contribution in [3.8, 4) is 28.8 Å². The van der Waals surface area contributed by atoms with Gasteiger partial charge in [-0.3, -0.25) is 4.90 Å². The molecule has 5 aliphatic rings. The number of halogens is 3. The van der Waals surface area contributed by atoms with Crippen molar-refractivity contribution in [1.29, 1.82) is 0 Å². The third-order valence-corrected chi connectivity index (χ3v) is 10.3. The molecule has 1 aromatic carbocycles. The van der Waals surface area contributed by atoms with Gasteiger partial charge >= 0.3 is 0 Å². The quantitative estimate of drug-likeness (QED) is 0.349. The Kier molecular flexibility index (Phi) is 6.41. The first-order valence-electron chi connectivity index (χ1n) is 15.4. The van der Waals surface area contributed by atoms with E-state index < -0.39 is 12.0 Å². The number of hydrogen-bond donors (Lipinski definition) is 1. The molecule has 0 radical (unpaired) electrons. The molecule has 4 fully saturated rings. The molecule has 1 unspecified atom stereocenters. The summed E-state index contributed by atoms with van der Waals surface area (Å²) in [5, 5.41) is 11.4. The second kappa shape index (κ2) is 10.1. The van der Waals surface area contributed by atoms with Crippen LogP contribution in [0.25, 0.3) is 22.2 Å². The van der Waals surface area contributed by atoms with Gasteiger partial charge in [0.2, 0.25) is 11.8 Å². The number of hydrogen-bond acceptors (Lipinski definition) is 7. The molecule has 1 aliphatic carbocycles. The Morgan fingerprint density at radius 3 is 2.83 bits per heavy atom. The Morgan fingerprint density at radius 1 is 1.10 bits per heavy atom. The number of nitrogens with zero attached hydrogens (tertiary/aromatic N) is 4. The van der Waals surface area contributed by atoms with E-state index in [2.05, 4.69) is 9.80 Å². The SMILES string of the molecule is Oc1cc(Cl)c(C2CC2)c(-c2nc3c4c(cc(OC[C@@]56CCCN5C[C@H](F)C6)nc4c2F)N2CCCCCC2CO3)c1. The number of anilines is 1. The van der Waals surface area contributed by atoms with Gasteiger partial charge in [-0.25, -0.2) is 18.7 Å². The van der Waals surface area contributed by atoms with Gasteiger partial charge in [-0.05, 0) is 68.7 Å². The predicted molar refractivity (Wildman–Crippen MR) is 157 cm³/mol. The van der Waals surface area contributed by atoms with Crippen molar-refractivity contribution in [2.75, 3.05) is 37.7 Å². The van der Waals surface area contributed by atoms with Crippen LogP contribution in [0.3, 0.4) is 0 Å². The van der Waals surface area contributed by atoms with Crippen LogP contribution in [-0.4, -0.2) is 70.6 Å². The van der Waals surface area contributed by atoms with E-state index in [0.717, 1.165) is 75.7 Å². The van der Waals surface area contributed by atoms with Gasteiger partial charge < -0.3 is 19.5 Å². The second-order valence-electron chi connectivity index (χ2n) is 12.8. The van der Waals surface area contributed by atoms with Crippen LogP contribution < -0.4 is 14.4 Å². The van der Waals surface area contributed by atoms with Gasteiger partial charge in [0.1, 0.15) is 36.3 Å². The molecular formula is C32H35ClF2N4O3. The normalized spacial score (nSPS) is 27.4. The standard InChI is InChI=1S/C32H35ClF2N4O3/c33-23-12-21(40)11-22(26(23)18-6-7-18)29-28(35)30-27-24(39-10-3-1-2-5-20(39)16-41-31(27)37-29)13-25(36-30)42-17-32-8-4-9-38(32)15-19(34)14-32/h11-13,18-20,40H,1-10,14-17H2/t19-,20?,32+/m1/s1. The number of ether oxygens (including phenoxy) is 2. The first-order chi connectivity index (χ1) is 20.4. The van der Waals surface area contributed by atoms with Crippen molar-refractivity contribution < 1.29 is 23.4 Å². The first-order valence-corrected chi connectivity index (χ1v) is 15.8. The van der Waals surface area contributed by atoms with Gasteiger partial charge in [-0.15, -0.1) is 0 Å². The van der Waals surface area contributed by atoms with E-state index in [4.69, 9.17) is 31.0 Å². The molecule has 8 rings (SSSR count). The highest BCUT2D eigenvalue weighted by molar-refractivity contribution is 6.32. The van der Waals surface area contributed by atoms with Crippen molar-refractivity contribution in [3.05, 3.63) is 34.6 Å². The van der Waals surface area contributed by atoms with Gasteiger partial charge in [0.05, 0.1) is 22.7 Å². The minimum absolute atomic E-state index is 0.0466. The Hall–Kier alpha value is -2.91. The summed E-state index contributed by atoms with van der Waals surface area (Å²) in [4.78, 5) is 14.0. The lowest BCUT2D eigenvalue weighted by Crippen LogP contribution is -2.43. The number of aromatic nitrogens is 2. The number of pyridine rings is 2. The molecule has 6 heterocycles. The van der Waals surface area contributed by atoms with Gasteiger partial charge in [0.25, 0.3) is 0 Å². The molecule has 0 spiro atoms. The second-order valence-corrected chi connectivity index (χ2v) is 13.2. The molecule has 7 nitrogen and oxygen atoms in total. The maximum atomic E-state index is 16.8. The minimum atomic E-state index is -0.860. The molecule has 3 aromatic rings. The highest BCUT2D eigenvalue weighted by Gasteiger charge is 2.49. The predicted octanol–water partition coefficient (Wildman–Crippen LogP) is 6.77. The van der Waals surface area contributed by atoms with E-state index in [1.807, 2.05) is 6.07 Å².